The number of rotatable bonds is 3. The average Bonchev–Trinajstić information content (AvgIpc) is 2.76. The first kappa shape index (κ1) is 10.7. The number of carbonyl (C=O) groups is 1. The van der Waals surface area contributed by atoms with Crippen molar-refractivity contribution in [1.29, 1.82) is 5.26 Å². The van der Waals surface area contributed by atoms with Gasteiger partial charge in [0.2, 0.25) is 11.7 Å². The van der Waals surface area contributed by atoms with Crippen molar-refractivity contribution in [3.8, 4) is 6.07 Å². The van der Waals surface area contributed by atoms with Crippen molar-refractivity contribution in [3.63, 3.8) is 0 Å². The number of piperidine rings is 1. The molecule has 0 aliphatic carbocycles. The van der Waals surface area contributed by atoms with Crippen LogP contribution in [0, 0.1) is 11.3 Å². The van der Waals surface area contributed by atoms with Crippen LogP contribution in [0.1, 0.15) is 24.4 Å². The molecule has 2 heterocycles. The van der Waals surface area contributed by atoms with Gasteiger partial charge >= 0.3 is 0 Å². The number of hydrogen-bond acceptors (Lipinski definition) is 4. The first-order chi connectivity index (χ1) is 7.78. The highest BCUT2D eigenvalue weighted by molar-refractivity contribution is 5.76. The Morgan fingerprint density at radius 1 is 1.62 bits per heavy atom. The summed E-state index contributed by atoms with van der Waals surface area (Å²) in [6, 6.07) is 5.66. The maximum Gasteiger partial charge on any atom is 0.220 e. The van der Waals surface area contributed by atoms with Crippen molar-refractivity contribution < 1.29 is 9.21 Å². The lowest BCUT2D eigenvalue weighted by Gasteiger charge is -2.22. The standard InChI is InChI=1S/C11H13N3O2/c12-5-9-2-3-10(16-9)7-13-8-1-4-11(15)14-6-8/h2-3,8,13H,1,4,6-7H2,(H,14,15). The van der Waals surface area contributed by atoms with Gasteiger partial charge in [-0.3, -0.25) is 4.79 Å². The Bertz CT molecular complexity index is 409. The van der Waals surface area contributed by atoms with E-state index in [4.69, 9.17) is 9.68 Å². The molecule has 0 spiro atoms. The fourth-order valence-corrected chi connectivity index (χ4v) is 1.68. The van der Waals surface area contributed by atoms with E-state index in [1.165, 1.54) is 0 Å². The number of furan rings is 1. The monoisotopic (exact) mass is 219 g/mol. The van der Waals surface area contributed by atoms with Gasteiger partial charge < -0.3 is 15.1 Å². The summed E-state index contributed by atoms with van der Waals surface area (Å²) in [7, 11) is 0. The number of amides is 1. The molecule has 1 aliphatic heterocycles. The van der Waals surface area contributed by atoms with Crippen LogP contribution in [0.3, 0.4) is 0 Å². The summed E-state index contributed by atoms with van der Waals surface area (Å²) in [5.41, 5.74) is 0. The zero-order valence-corrected chi connectivity index (χ0v) is 8.82. The van der Waals surface area contributed by atoms with E-state index in [-0.39, 0.29) is 11.9 Å². The molecule has 0 aromatic carbocycles. The maximum atomic E-state index is 10.9. The van der Waals surface area contributed by atoms with Gasteiger partial charge in [0.15, 0.2) is 0 Å². The molecule has 1 saturated heterocycles. The van der Waals surface area contributed by atoms with E-state index in [2.05, 4.69) is 10.6 Å². The molecule has 1 aromatic rings. The zero-order valence-electron chi connectivity index (χ0n) is 8.82. The Morgan fingerprint density at radius 3 is 3.12 bits per heavy atom. The summed E-state index contributed by atoms with van der Waals surface area (Å²) >= 11 is 0. The molecule has 0 radical (unpaired) electrons. The minimum Gasteiger partial charge on any atom is -0.449 e. The lowest BCUT2D eigenvalue weighted by atomic mass is 10.1. The molecule has 16 heavy (non-hydrogen) atoms. The summed E-state index contributed by atoms with van der Waals surface area (Å²) in [4.78, 5) is 10.9. The van der Waals surface area contributed by atoms with Gasteiger partial charge in [0.05, 0.1) is 6.54 Å². The number of carbonyl (C=O) groups excluding carboxylic acids is 1. The molecule has 1 atom stereocenters. The molecular formula is C11H13N3O2. The highest BCUT2D eigenvalue weighted by Gasteiger charge is 2.17. The second-order valence-corrected chi connectivity index (χ2v) is 3.80. The predicted octanol–water partition coefficient (Wildman–Crippen LogP) is 0.519. The van der Waals surface area contributed by atoms with E-state index in [0.717, 1.165) is 12.2 Å². The molecule has 5 heteroatoms. The number of hydrogen-bond donors (Lipinski definition) is 2. The molecule has 2 N–H and O–H groups in total. The maximum absolute atomic E-state index is 10.9. The third-order valence-corrected chi connectivity index (χ3v) is 2.60. The zero-order chi connectivity index (χ0) is 11.4. The smallest absolute Gasteiger partial charge is 0.220 e. The molecule has 0 bridgehead atoms. The van der Waals surface area contributed by atoms with Gasteiger partial charge in [-0.05, 0) is 18.6 Å². The highest BCUT2D eigenvalue weighted by Crippen LogP contribution is 2.08. The molecule has 84 valence electrons. The fourth-order valence-electron chi connectivity index (χ4n) is 1.68. The van der Waals surface area contributed by atoms with Gasteiger partial charge in [-0.25, -0.2) is 0 Å². The van der Waals surface area contributed by atoms with Crippen molar-refractivity contribution >= 4 is 5.91 Å². The molecule has 1 aliphatic rings. The number of nitrogens with one attached hydrogen (secondary N) is 2. The van der Waals surface area contributed by atoms with E-state index in [1.54, 1.807) is 12.1 Å². The van der Waals surface area contributed by atoms with Gasteiger partial charge in [-0.15, -0.1) is 0 Å². The van der Waals surface area contributed by atoms with Gasteiger partial charge in [0, 0.05) is 19.0 Å². The summed E-state index contributed by atoms with van der Waals surface area (Å²) in [5, 5.41) is 14.7. The van der Waals surface area contributed by atoms with E-state index in [9.17, 15) is 4.79 Å². The van der Waals surface area contributed by atoms with Crippen LogP contribution in [-0.4, -0.2) is 18.5 Å². The van der Waals surface area contributed by atoms with E-state index in [1.807, 2.05) is 6.07 Å². The van der Waals surface area contributed by atoms with Crippen LogP contribution >= 0.6 is 0 Å². The van der Waals surface area contributed by atoms with Crippen molar-refractivity contribution in [1.82, 2.24) is 10.6 Å². The van der Waals surface area contributed by atoms with Gasteiger partial charge in [-0.2, -0.15) is 5.26 Å². The molecule has 0 saturated carbocycles. The van der Waals surface area contributed by atoms with E-state index in [0.29, 0.717) is 25.3 Å². The topological polar surface area (TPSA) is 78.1 Å². The Hall–Kier alpha value is -1.80. The van der Waals surface area contributed by atoms with Crippen LogP contribution in [0.25, 0.3) is 0 Å². The molecule has 2 rings (SSSR count). The first-order valence-corrected chi connectivity index (χ1v) is 5.27. The van der Waals surface area contributed by atoms with Crippen LogP contribution in [0.4, 0.5) is 0 Å². The van der Waals surface area contributed by atoms with Crippen molar-refractivity contribution in [2.75, 3.05) is 6.54 Å². The summed E-state index contributed by atoms with van der Waals surface area (Å²) < 4.78 is 5.23. The van der Waals surface area contributed by atoms with Crippen molar-refractivity contribution in [2.24, 2.45) is 0 Å². The third kappa shape index (κ3) is 2.61. The normalized spacial score (nSPS) is 20.2. The summed E-state index contributed by atoms with van der Waals surface area (Å²) in [6.07, 6.45) is 1.41. The van der Waals surface area contributed by atoms with Crippen molar-refractivity contribution in [3.05, 3.63) is 23.7 Å². The second kappa shape index (κ2) is 4.81. The number of nitrogens with zero attached hydrogens (tertiary/aromatic N) is 1. The molecule has 1 aromatic heterocycles. The van der Waals surface area contributed by atoms with Gasteiger partial charge in [0.1, 0.15) is 11.8 Å². The number of nitriles is 1. The van der Waals surface area contributed by atoms with Crippen LogP contribution in [0.5, 0.6) is 0 Å². The summed E-state index contributed by atoms with van der Waals surface area (Å²) in [5.74, 6) is 1.19. The predicted molar refractivity (Wildman–Crippen MR) is 56.3 cm³/mol. The van der Waals surface area contributed by atoms with Crippen LogP contribution in [-0.2, 0) is 11.3 Å². The first-order valence-electron chi connectivity index (χ1n) is 5.27. The largest absolute Gasteiger partial charge is 0.449 e. The van der Waals surface area contributed by atoms with E-state index >= 15 is 0 Å². The fraction of sp³-hybridized carbons (Fsp3) is 0.455. The molecule has 5 nitrogen and oxygen atoms in total. The molecular weight excluding hydrogens is 206 g/mol. The van der Waals surface area contributed by atoms with Gasteiger partial charge in [0.25, 0.3) is 0 Å². The lowest BCUT2D eigenvalue weighted by molar-refractivity contribution is -0.122. The van der Waals surface area contributed by atoms with Crippen LogP contribution in [0.15, 0.2) is 16.5 Å². The van der Waals surface area contributed by atoms with Crippen LogP contribution < -0.4 is 10.6 Å². The van der Waals surface area contributed by atoms with E-state index < -0.39 is 0 Å². The molecule has 1 fully saturated rings. The lowest BCUT2D eigenvalue weighted by Crippen LogP contribution is -2.45. The Labute approximate surface area is 93.4 Å². The average molecular weight is 219 g/mol. The Balaban J connectivity index is 1.79. The highest BCUT2D eigenvalue weighted by atomic mass is 16.3. The van der Waals surface area contributed by atoms with Crippen LogP contribution in [0.2, 0.25) is 0 Å². The second-order valence-electron chi connectivity index (χ2n) is 3.80. The van der Waals surface area contributed by atoms with Gasteiger partial charge in [-0.1, -0.05) is 0 Å². The van der Waals surface area contributed by atoms with Crippen molar-refractivity contribution in [2.45, 2.75) is 25.4 Å². The molecule has 1 unspecified atom stereocenters. The SMILES string of the molecule is N#Cc1ccc(CNC2CCC(=O)NC2)o1. The summed E-state index contributed by atoms with van der Waals surface area (Å²) in [6.45, 7) is 1.24. The minimum absolute atomic E-state index is 0.114. The molecule has 1 amide bonds. The quantitative estimate of drug-likeness (QED) is 0.776. The Morgan fingerprint density at radius 2 is 2.50 bits per heavy atom. The third-order valence-electron chi connectivity index (χ3n) is 2.60. The minimum atomic E-state index is 0.114. The Kier molecular flexibility index (Phi) is 3.22.